The van der Waals surface area contributed by atoms with Crippen LogP contribution < -0.4 is 10.0 Å². The maximum Gasteiger partial charge on any atom is 0.264 e. The van der Waals surface area contributed by atoms with Crippen molar-refractivity contribution in [3.8, 4) is 0 Å². The number of hydrogen-bond donors (Lipinski definition) is 1. The van der Waals surface area contributed by atoms with Crippen LogP contribution in [0.4, 0.5) is 11.4 Å². The van der Waals surface area contributed by atoms with Gasteiger partial charge in [0.2, 0.25) is 0 Å². The Morgan fingerprint density at radius 1 is 1.15 bits per heavy atom. The average Bonchev–Trinajstić information content (AvgIpc) is 2.42. The fourth-order valence-corrected chi connectivity index (χ4v) is 3.63. The van der Waals surface area contributed by atoms with Gasteiger partial charge in [-0.05, 0) is 36.8 Å². The third-order valence-electron chi connectivity index (χ3n) is 3.12. The smallest absolute Gasteiger partial charge is 0.264 e. The van der Waals surface area contributed by atoms with Crippen LogP contribution >= 0.6 is 11.6 Å². The number of nitrogen functional groups attached to an aromatic ring is 1. The number of halogens is 1. The molecule has 0 radical (unpaired) electrons. The second kappa shape index (κ2) is 5.34. The number of nitrogens with two attached hydrogens (primary N) is 1. The van der Waals surface area contributed by atoms with Crippen molar-refractivity contribution in [3.05, 3.63) is 53.1 Å². The Bertz CT molecular complexity index is 730. The predicted molar refractivity (Wildman–Crippen MR) is 82.6 cm³/mol. The molecule has 0 bridgehead atoms. The van der Waals surface area contributed by atoms with E-state index in [2.05, 4.69) is 0 Å². The number of anilines is 2. The molecule has 0 aliphatic carbocycles. The summed E-state index contributed by atoms with van der Waals surface area (Å²) in [7, 11) is -2.20. The van der Waals surface area contributed by atoms with Crippen molar-refractivity contribution < 1.29 is 8.42 Å². The van der Waals surface area contributed by atoms with Gasteiger partial charge in [-0.1, -0.05) is 29.8 Å². The van der Waals surface area contributed by atoms with Crippen LogP contribution in [0, 0.1) is 6.92 Å². The molecule has 2 aromatic rings. The molecule has 2 N–H and O–H groups in total. The van der Waals surface area contributed by atoms with E-state index in [1.54, 1.807) is 37.3 Å². The molecule has 0 atom stereocenters. The van der Waals surface area contributed by atoms with Crippen LogP contribution in [-0.4, -0.2) is 15.5 Å². The molecule has 0 saturated heterocycles. The summed E-state index contributed by atoms with van der Waals surface area (Å²) in [6.07, 6.45) is 0. The fraction of sp³-hybridized carbons (Fsp3) is 0.143. The van der Waals surface area contributed by atoms with E-state index in [4.69, 9.17) is 17.3 Å². The minimum Gasteiger partial charge on any atom is -0.398 e. The Morgan fingerprint density at radius 2 is 1.75 bits per heavy atom. The SMILES string of the molecule is Cc1c(N)cc(Cl)cc1S(=O)(=O)N(C)c1ccccc1. The van der Waals surface area contributed by atoms with Crippen LogP contribution in [0.5, 0.6) is 0 Å². The van der Waals surface area contributed by atoms with Gasteiger partial charge in [0.25, 0.3) is 10.0 Å². The number of para-hydroxylation sites is 1. The molecule has 2 aromatic carbocycles. The number of hydrogen-bond acceptors (Lipinski definition) is 3. The van der Waals surface area contributed by atoms with E-state index >= 15 is 0 Å². The molecule has 0 fully saturated rings. The molecule has 0 aromatic heterocycles. The summed E-state index contributed by atoms with van der Waals surface area (Å²) < 4.78 is 26.6. The summed E-state index contributed by atoms with van der Waals surface area (Å²) in [5.74, 6) is 0. The minimum atomic E-state index is -3.70. The molecule has 0 saturated carbocycles. The Hall–Kier alpha value is -1.72. The van der Waals surface area contributed by atoms with E-state index in [0.717, 1.165) is 0 Å². The summed E-state index contributed by atoms with van der Waals surface area (Å²) >= 11 is 5.92. The quantitative estimate of drug-likeness (QED) is 0.886. The summed E-state index contributed by atoms with van der Waals surface area (Å²) in [4.78, 5) is 0.119. The lowest BCUT2D eigenvalue weighted by Crippen LogP contribution is -2.27. The third-order valence-corrected chi connectivity index (χ3v) is 5.25. The first-order valence-corrected chi connectivity index (χ1v) is 7.75. The van der Waals surface area contributed by atoms with Crippen LogP contribution in [0.3, 0.4) is 0 Å². The molecule has 0 unspecified atom stereocenters. The molecule has 4 nitrogen and oxygen atoms in total. The first-order valence-electron chi connectivity index (χ1n) is 5.93. The van der Waals surface area contributed by atoms with Gasteiger partial charge >= 0.3 is 0 Å². The third kappa shape index (κ3) is 2.59. The minimum absolute atomic E-state index is 0.119. The van der Waals surface area contributed by atoms with Crippen LogP contribution in [0.25, 0.3) is 0 Å². The highest BCUT2D eigenvalue weighted by Gasteiger charge is 2.24. The normalized spacial score (nSPS) is 11.3. The molecule has 0 aliphatic rings. The Labute approximate surface area is 123 Å². The number of rotatable bonds is 3. The molecular weight excluding hydrogens is 296 g/mol. The Balaban J connectivity index is 2.57. The van der Waals surface area contributed by atoms with Gasteiger partial charge in [0.05, 0.1) is 10.6 Å². The lowest BCUT2D eigenvalue weighted by molar-refractivity contribution is 0.594. The second-order valence-electron chi connectivity index (χ2n) is 4.43. The van der Waals surface area contributed by atoms with Gasteiger partial charge in [-0.15, -0.1) is 0 Å². The van der Waals surface area contributed by atoms with Crippen LogP contribution in [0.1, 0.15) is 5.56 Å². The van der Waals surface area contributed by atoms with Gasteiger partial charge in [-0.2, -0.15) is 0 Å². The van der Waals surface area contributed by atoms with Crippen LogP contribution in [0.15, 0.2) is 47.4 Å². The zero-order chi connectivity index (χ0) is 14.9. The maximum absolute atomic E-state index is 12.7. The van der Waals surface area contributed by atoms with Gasteiger partial charge in [0.1, 0.15) is 0 Å². The molecule has 0 spiro atoms. The highest BCUT2D eigenvalue weighted by molar-refractivity contribution is 7.92. The van der Waals surface area contributed by atoms with Crippen molar-refractivity contribution in [2.24, 2.45) is 0 Å². The van der Waals surface area contributed by atoms with Crippen molar-refractivity contribution in [1.82, 2.24) is 0 Å². The molecule has 0 aliphatic heterocycles. The molecule has 6 heteroatoms. The lowest BCUT2D eigenvalue weighted by atomic mass is 10.2. The van der Waals surface area contributed by atoms with E-state index in [1.165, 1.54) is 17.4 Å². The van der Waals surface area contributed by atoms with Crippen LogP contribution in [0.2, 0.25) is 5.02 Å². The van der Waals surface area contributed by atoms with Gasteiger partial charge < -0.3 is 5.73 Å². The number of benzene rings is 2. The molecule has 20 heavy (non-hydrogen) atoms. The molecule has 2 rings (SSSR count). The first kappa shape index (κ1) is 14.7. The van der Waals surface area contributed by atoms with Crippen LogP contribution in [-0.2, 0) is 10.0 Å². The van der Waals surface area contributed by atoms with E-state index in [0.29, 0.717) is 22.0 Å². The Morgan fingerprint density at radius 3 is 2.35 bits per heavy atom. The van der Waals surface area contributed by atoms with Gasteiger partial charge in [0.15, 0.2) is 0 Å². The lowest BCUT2D eigenvalue weighted by Gasteiger charge is -2.21. The van der Waals surface area contributed by atoms with Crippen molar-refractivity contribution >= 4 is 33.0 Å². The molecule has 0 amide bonds. The van der Waals surface area contributed by atoms with E-state index in [9.17, 15) is 8.42 Å². The van der Waals surface area contributed by atoms with Gasteiger partial charge in [0, 0.05) is 17.8 Å². The molecule has 0 heterocycles. The van der Waals surface area contributed by atoms with Gasteiger partial charge in [-0.25, -0.2) is 8.42 Å². The highest BCUT2D eigenvalue weighted by atomic mass is 35.5. The summed E-state index contributed by atoms with van der Waals surface area (Å²) in [6.45, 7) is 1.66. The summed E-state index contributed by atoms with van der Waals surface area (Å²) in [5.41, 5.74) is 7.22. The Kier molecular flexibility index (Phi) is 3.92. The molecular formula is C14H15ClN2O2S. The summed E-state index contributed by atoms with van der Waals surface area (Å²) in [6, 6.07) is 11.8. The standard InChI is InChI=1S/C14H15ClN2O2S/c1-10-13(16)8-11(15)9-14(10)20(18,19)17(2)12-6-4-3-5-7-12/h3-9H,16H2,1-2H3. The zero-order valence-electron chi connectivity index (χ0n) is 11.2. The van der Waals surface area contributed by atoms with Crippen molar-refractivity contribution in [2.75, 3.05) is 17.1 Å². The topological polar surface area (TPSA) is 63.4 Å². The van der Waals surface area contributed by atoms with Crippen molar-refractivity contribution in [2.45, 2.75) is 11.8 Å². The monoisotopic (exact) mass is 310 g/mol. The number of sulfonamides is 1. The van der Waals surface area contributed by atoms with E-state index in [-0.39, 0.29) is 4.90 Å². The molecule has 106 valence electrons. The van der Waals surface area contributed by atoms with E-state index < -0.39 is 10.0 Å². The first-order chi connectivity index (χ1) is 9.34. The predicted octanol–water partition coefficient (Wildman–Crippen LogP) is 3.06. The van der Waals surface area contributed by atoms with Crippen molar-refractivity contribution in [3.63, 3.8) is 0 Å². The second-order valence-corrected chi connectivity index (χ2v) is 6.80. The average molecular weight is 311 g/mol. The van der Waals surface area contributed by atoms with E-state index in [1.807, 2.05) is 6.07 Å². The number of nitrogens with zero attached hydrogens (tertiary/aromatic N) is 1. The zero-order valence-corrected chi connectivity index (χ0v) is 12.7. The fourth-order valence-electron chi connectivity index (χ4n) is 1.87. The van der Waals surface area contributed by atoms with Crippen molar-refractivity contribution in [1.29, 1.82) is 0 Å². The maximum atomic E-state index is 12.7. The summed E-state index contributed by atoms with van der Waals surface area (Å²) in [5, 5.41) is 0.299. The highest BCUT2D eigenvalue weighted by Crippen LogP contribution is 2.29. The largest absolute Gasteiger partial charge is 0.398 e. The van der Waals surface area contributed by atoms with Gasteiger partial charge in [-0.3, -0.25) is 4.31 Å².